The van der Waals surface area contributed by atoms with E-state index in [1.807, 2.05) is 26.4 Å². The molecule has 0 bridgehead atoms. The van der Waals surface area contributed by atoms with Crippen molar-refractivity contribution in [3.05, 3.63) is 35.4 Å². The highest BCUT2D eigenvalue weighted by Crippen LogP contribution is 2.33. The molecule has 21 heavy (non-hydrogen) atoms. The molecule has 2 aromatic heterocycles. The zero-order chi connectivity index (χ0) is 14.8. The predicted octanol–water partition coefficient (Wildman–Crippen LogP) is 3.75. The van der Waals surface area contributed by atoms with Crippen molar-refractivity contribution in [2.24, 2.45) is 0 Å². The van der Waals surface area contributed by atoms with Crippen LogP contribution in [-0.2, 0) is 0 Å². The molecule has 1 aliphatic heterocycles. The molecular formula is C16H19ClN4. The largest absolute Gasteiger partial charge is 0.387 e. The molecule has 0 aliphatic carbocycles. The normalized spacial score (nSPS) is 14.5. The summed E-state index contributed by atoms with van der Waals surface area (Å²) >= 11 is 6.28. The van der Waals surface area contributed by atoms with Gasteiger partial charge in [-0.2, -0.15) is 0 Å². The molecule has 1 aliphatic rings. The molecule has 3 rings (SSSR count). The Kier molecular flexibility index (Phi) is 3.97. The van der Waals surface area contributed by atoms with Crippen LogP contribution in [0.25, 0.3) is 11.1 Å². The Bertz CT molecular complexity index is 651. The number of halogens is 1. The lowest BCUT2D eigenvalue weighted by atomic mass is 10.1. The minimum atomic E-state index is 0.580. The van der Waals surface area contributed by atoms with Crippen LogP contribution < -0.4 is 10.2 Å². The fourth-order valence-electron chi connectivity index (χ4n) is 2.73. The van der Waals surface area contributed by atoms with Gasteiger partial charge in [-0.25, -0.2) is 4.98 Å². The number of aromatic nitrogens is 2. The van der Waals surface area contributed by atoms with Crippen LogP contribution in [0.3, 0.4) is 0 Å². The van der Waals surface area contributed by atoms with E-state index < -0.39 is 0 Å². The van der Waals surface area contributed by atoms with Gasteiger partial charge in [0.1, 0.15) is 0 Å². The molecule has 4 nitrogen and oxygen atoms in total. The van der Waals surface area contributed by atoms with Crippen LogP contribution in [-0.4, -0.2) is 30.1 Å². The molecule has 0 spiro atoms. The van der Waals surface area contributed by atoms with Gasteiger partial charge in [-0.1, -0.05) is 11.6 Å². The van der Waals surface area contributed by atoms with Gasteiger partial charge < -0.3 is 10.2 Å². The maximum absolute atomic E-state index is 6.28. The van der Waals surface area contributed by atoms with E-state index in [4.69, 9.17) is 11.6 Å². The van der Waals surface area contributed by atoms with Crippen molar-refractivity contribution in [1.82, 2.24) is 9.97 Å². The van der Waals surface area contributed by atoms with E-state index in [2.05, 4.69) is 32.3 Å². The summed E-state index contributed by atoms with van der Waals surface area (Å²) in [6.07, 6.45) is 6.10. The van der Waals surface area contributed by atoms with Gasteiger partial charge in [0, 0.05) is 43.2 Å². The monoisotopic (exact) mass is 302 g/mol. The molecule has 3 heterocycles. The van der Waals surface area contributed by atoms with Crippen LogP contribution in [0.2, 0.25) is 5.15 Å². The van der Waals surface area contributed by atoms with E-state index >= 15 is 0 Å². The third-order valence-electron chi connectivity index (χ3n) is 3.95. The molecular weight excluding hydrogens is 284 g/mol. The summed E-state index contributed by atoms with van der Waals surface area (Å²) in [5.41, 5.74) is 5.16. The van der Waals surface area contributed by atoms with Gasteiger partial charge in [0.05, 0.1) is 17.6 Å². The van der Waals surface area contributed by atoms with Crippen molar-refractivity contribution in [3.8, 4) is 11.1 Å². The lowest BCUT2D eigenvalue weighted by molar-refractivity contribution is 0.949. The summed E-state index contributed by atoms with van der Waals surface area (Å²) in [5.74, 6) is 0. The molecule has 1 saturated heterocycles. The van der Waals surface area contributed by atoms with Gasteiger partial charge in [-0.05, 0) is 31.9 Å². The van der Waals surface area contributed by atoms with E-state index in [9.17, 15) is 0 Å². The summed E-state index contributed by atoms with van der Waals surface area (Å²) < 4.78 is 0. The van der Waals surface area contributed by atoms with Crippen molar-refractivity contribution in [2.75, 3.05) is 30.4 Å². The van der Waals surface area contributed by atoms with E-state index in [1.165, 1.54) is 12.8 Å². The van der Waals surface area contributed by atoms with Crippen LogP contribution in [0.5, 0.6) is 0 Å². The third kappa shape index (κ3) is 2.81. The van der Waals surface area contributed by atoms with Gasteiger partial charge in [0.15, 0.2) is 5.15 Å². The third-order valence-corrected chi connectivity index (χ3v) is 4.25. The molecule has 1 fully saturated rings. The van der Waals surface area contributed by atoms with Crippen molar-refractivity contribution >= 4 is 23.0 Å². The summed E-state index contributed by atoms with van der Waals surface area (Å²) in [4.78, 5) is 11.1. The summed E-state index contributed by atoms with van der Waals surface area (Å²) in [6, 6.07) is 4.23. The Morgan fingerprint density at radius 3 is 2.62 bits per heavy atom. The highest BCUT2D eigenvalue weighted by Gasteiger charge is 2.17. The first-order chi connectivity index (χ1) is 10.2. The number of aryl methyl sites for hydroxylation is 1. The highest BCUT2D eigenvalue weighted by atomic mass is 35.5. The summed E-state index contributed by atoms with van der Waals surface area (Å²) in [6.45, 7) is 4.12. The van der Waals surface area contributed by atoms with Crippen LogP contribution in [0.15, 0.2) is 24.5 Å². The molecule has 0 aromatic carbocycles. The maximum atomic E-state index is 6.28. The van der Waals surface area contributed by atoms with Crippen LogP contribution in [0.4, 0.5) is 11.4 Å². The maximum Gasteiger partial charge on any atom is 0.152 e. The molecule has 0 saturated carbocycles. The average Bonchev–Trinajstić information content (AvgIpc) is 3.02. The molecule has 1 N–H and O–H groups in total. The van der Waals surface area contributed by atoms with Crippen LogP contribution >= 0.6 is 11.6 Å². The lowest BCUT2D eigenvalue weighted by Gasteiger charge is -2.19. The molecule has 110 valence electrons. The first-order valence-corrected chi connectivity index (χ1v) is 7.62. The number of hydrogen-bond donors (Lipinski definition) is 1. The number of rotatable bonds is 3. The van der Waals surface area contributed by atoms with E-state index in [1.54, 1.807) is 0 Å². The van der Waals surface area contributed by atoms with Crippen LogP contribution in [0, 0.1) is 6.92 Å². The first-order valence-electron chi connectivity index (χ1n) is 7.24. The molecule has 2 aromatic rings. The predicted molar refractivity (Wildman–Crippen MR) is 88.2 cm³/mol. The smallest absolute Gasteiger partial charge is 0.152 e. The number of pyridine rings is 2. The molecule has 0 amide bonds. The van der Waals surface area contributed by atoms with E-state index in [0.717, 1.165) is 41.3 Å². The fraction of sp³-hybridized carbons (Fsp3) is 0.375. The van der Waals surface area contributed by atoms with Crippen molar-refractivity contribution in [2.45, 2.75) is 19.8 Å². The van der Waals surface area contributed by atoms with E-state index in [0.29, 0.717) is 5.15 Å². The fourth-order valence-corrected chi connectivity index (χ4v) is 2.95. The average molecular weight is 303 g/mol. The number of nitrogens with one attached hydrogen (secondary N) is 1. The summed E-state index contributed by atoms with van der Waals surface area (Å²) in [5, 5.41) is 3.71. The zero-order valence-corrected chi connectivity index (χ0v) is 13.1. The molecule has 0 atom stereocenters. The first kappa shape index (κ1) is 14.1. The molecule has 0 radical (unpaired) electrons. The van der Waals surface area contributed by atoms with Gasteiger partial charge in [0.25, 0.3) is 0 Å². The minimum absolute atomic E-state index is 0.580. The second kappa shape index (κ2) is 5.90. The zero-order valence-electron chi connectivity index (χ0n) is 12.4. The number of nitrogens with zero attached hydrogens (tertiary/aromatic N) is 3. The topological polar surface area (TPSA) is 41.1 Å². The highest BCUT2D eigenvalue weighted by molar-refractivity contribution is 6.32. The van der Waals surface area contributed by atoms with Gasteiger partial charge in [-0.3, -0.25) is 4.98 Å². The van der Waals surface area contributed by atoms with Gasteiger partial charge in [0.2, 0.25) is 0 Å². The number of hydrogen-bond acceptors (Lipinski definition) is 4. The van der Waals surface area contributed by atoms with Gasteiger partial charge in [-0.15, -0.1) is 0 Å². The van der Waals surface area contributed by atoms with Crippen molar-refractivity contribution in [1.29, 1.82) is 0 Å². The Morgan fingerprint density at radius 1 is 1.14 bits per heavy atom. The Balaban J connectivity index is 2.04. The lowest BCUT2D eigenvalue weighted by Crippen LogP contribution is -2.18. The second-order valence-electron chi connectivity index (χ2n) is 5.34. The second-order valence-corrected chi connectivity index (χ2v) is 5.69. The molecule has 0 unspecified atom stereocenters. The standard InChI is InChI=1S/C16H19ClN4/c1-11-14(8-13(18-2)10-19-11)12-7-15(16(17)20-9-12)21-5-3-4-6-21/h7-10,18H,3-6H2,1-2H3. The van der Waals surface area contributed by atoms with Gasteiger partial charge >= 0.3 is 0 Å². The van der Waals surface area contributed by atoms with E-state index in [-0.39, 0.29) is 0 Å². The quantitative estimate of drug-likeness (QED) is 0.877. The minimum Gasteiger partial charge on any atom is -0.387 e. The van der Waals surface area contributed by atoms with Crippen molar-refractivity contribution in [3.63, 3.8) is 0 Å². The summed E-state index contributed by atoms with van der Waals surface area (Å²) in [7, 11) is 1.89. The van der Waals surface area contributed by atoms with Crippen molar-refractivity contribution < 1.29 is 0 Å². The molecule has 5 heteroatoms. The SMILES string of the molecule is CNc1cnc(C)c(-c2cnc(Cl)c(N3CCCC3)c2)c1. The Morgan fingerprint density at radius 2 is 1.90 bits per heavy atom. The Hall–Kier alpha value is -1.81. The Labute approximate surface area is 130 Å². The van der Waals surface area contributed by atoms with Crippen LogP contribution in [0.1, 0.15) is 18.5 Å². The number of anilines is 2.